The van der Waals surface area contributed by atoms with Gasteiger partial charge < -0.3 is 9.84 Å². The summed E-state index contributed by atoms with van der Waals surface area (Å²) in [4.78, 5) is 51.3. The molecular formula is C25H23NO7. The second-order valence-corrected chi connectivity index (χ2v) is 8.86. The normalized spacial score (nSPS) is 28.9. The van der Waals surface area contributed by atoms with Gasteiger partial charge in [-0.05, 0) is 49.5 Å². The van der Waals surface area contributed by atoms with Gasteiger partial charge in [0.25, 0.3) is 11.8 Å². The molecule has 0 spiro atoms. The molecule has 8 nitrogen and oxygen atoms in total. The number of benzene rings is 1. The number of aliphatic hydroxyl groups excluding tert-OH is 1. The van der Waals surface area contributed by atoms with Gasteiger partial charge in [-0.1, -0.05) is 23.8 Å². The summed E-state index contributed by atoms with van der Waals surface area (Å²) in [5.74, 6) is -3.61. The average Bonchev–Trinajstić information content (AvgIpc) is 3.04. The van der Waals surface area contributed by atoms with Gasteiger partial charge in [-0.15, -0.1) is 0 Å². The molecule has 5 rings (SSSR count). The molecule has 0 aromatic heterocycles. The maximum absolute atomic E-state index is 13.2. The van der Waals surface area contributed by atoms with Crippen LogP contribution in [0.25, 0.3) is 0 Å². The van der Waals surface area contributed by atoms with E-state index in [9.17, 15) is 24.4 Å². The minimum absolute atomic E-state index is 0.116. The molecule has 1 saturated heterocycles. The van der Waals surface area contributed by atoms with Crippen molar-refractivity contribution in [1.29, 1.82) is 0 Å². The monoisotopic (exact) mass is 449 g/mol. The van der Waals surface area contributed by atoms with E-state index in [1.54, 1.807) is 19.1 Å². The quantitative estimate of drug-likeness (QED) is 0.312. The first-order valence-electron chi connectivity index (χ1n) is 10.9. The number of imide groups is 1. The molecule has 2 N–H and O–H groups in total. The van der Waals surface area contributed by atoms with Crippen molar-refractivity contribution >= 4 is 23.4 Å². The van der Waals surface area contributed by atoms with Crippen LogP contribution in [0.4, 0.5) is 0 Å². The van der Waals surface area contributed by atoms with Crippen molar-refractivity contribution in [1.82, 2.24) is 5.06 Å². The lowest BCUT2D eigenvalue weighted by Gasteiger charge is -2.42. The average molecular weight is 449 g/mol. The second-order valence-electron chi connectivity index (χ2n) is 8.86. The number of amides is 2. The Bertz CT molecular complexity index is 1170. The fourth-order valence-corrected chi connectivity index (χ4v) is 5.64. The van der Waals surface area contributed by atoms with Gasteiger partial charge in [0.15, 0.2) is 11.6 Å². The van der Waals surface area contributed by atoms with Crippen molar-refractivity contribution in [2.75, 3.05) is 13.2 Å². The summed E-state index contributed by atoms with van der Waals surface area (Å²) >= 11 is 0. The molecule has 170 valence electrons. The Hall–Kier alpha value is -3.36. The van der Waals surface area contributed by atoms with E-state index in [1.165, 1.54) is 6.08 Å². The van der Waals surface area contributed by atoms with Crippen molar-refractivity contribution in [2.24, 2.45) is 17.8 Å². The number of carbonyl (C=O) groups is 4. The van der Waals surface area contributed by atoms with E-state index in [0.717, 1.165) is 11.1 Å². The number of aliphatic hydroxyl groups is 1. The summed E-state index contributed by atoms with van der Waals surface area (Å²) in [6.45, 7) is 1.65. The van der Waals surface area contributed by atoms with E-state index in [-0.39, 0.29) is 42.7 Å². The molecule has 0 radical (unpaired) electrons. The van der Waals surface area contributed by atoms with Crippen LogP contribution < -0.4 is 4.74 Å². The van der Waals surface area contributed by atoms with Gasteiger partial charge >= 0.3 is 0 Å². The first kappa shape index (κ1) is 21.5. The smallest absolute Gasteiger partial charge is 0.257 e. The van der Waals surface area contributed by atoms with Crippen molar-refractivity contribution in [3.05, 3.63) is 64.3 Å². The maximum atomic E-state index is 13.2. The Kier molecular flexibility index (Phi) is 5.14. The Morgan fingerprint density at radius 3 is 2.48 bits per heavy atom. The molecule has 4 aliphatic rings. The summed E-state index contributed by atoms with van der Waals surface area (Å²) in [7, 11) is 0. The van der Waals surface area contributed by atoms with E-state index >= 15 is 0 Å². The zero-order valence-corrected chi connectivity index (χ0v) is 18.0. The topological polar surface area (TPSA) is 121 Å². The van der Waals surface area contributed by atoms with Crippen molar-refractivity contribution < 1.29 is 34.2 Å². The van der Waals surface area contributed by atoms with Crippen LogP contribution in [0.15, 0.2) is 58.7 Å². The highest BCUT2D eigenvalue weighted by atomic mass is 16.5. The molecule has 0 bridgehead atoms. The van der Waals surface area contributed by atoms with Crippen LogP contribution in [0, 0.1) is 17.8 Å². The number of fused-ring (bicyclic) bond motifs is 3. The summed E-state index contributed by atoms with van der Waals surface area (Å²) in [6, 6.07) is 7.09. The zero-order chi connectivity index (χ0) is 23.4. The Labute approximate surface area is 189 Å². The fraction of sp³-hybridized carbons (Fsp3) is 0.360. The van der Waals surface area contributed by atoms with Crippen LogP contribution in [0.2, 0.25) is 0 Å². The molecule has 2 amide bonds. The molecule has 1 aliphatic heterocycles. The molecule has 33 heavy (non-hydrogen) atoms. The second kappa shape index (κ2) is 7.90. The van der Waals surface area contributed by atoms with Crippen LogP contribution in [0.3, 0.4) is 0 Å². The molecule has 1 aromatic rings. The number of nitrogens with zero attached hydrogens (tertiary/aromatic N) is 1. The molecule has 8 heteroatoms. The molecule has 1 fully saturated rings. The number of carbonyl (C=O) groups excluding carboxylic acids is 4. The molecule has 4 atom stereocenters. The van der Waals surface area contributed by atoms with Gasteiger partial charge in [-0.3, -0.25) is 24.4 Å². The molecule has 0 saturated carbocycles. The van der Waals surface area contributed by atoms with Crippen LogP contribution in [-0.2, 0) is 19.2 Å². The van der Waals surface area contributed by atoms with Gasteiger partial charge in [0.2, 0.25) is 0 Å². The predicted molar refractivity (Wildman–Crippen MR) is 114 cm³/mol. The number of allylic oxidation sites excluding steroid dienone is 6. The van der Waals surface area contributed by atoms with Crippen molar-refractivity contribution in [2.45, 2.75) is 25.7 Å². The summed E-state index contributed by atoms with van der Waals surface area (Å²) in [6.07, 6.45) is 3.69. The van der Waals surface area contributed by atoms with E-state index in [2.05, 4.69) is 0 Å². The summed E-state index contributed by atoms with van der Waals surface area (Å²) < 4.78 is 5.44. The number of hydrogen-bond donors (Lipinski definition) is 2. The highest BCUT2D eigenvalue weighted by Gasteiger charge is 2.56. The number of Topliss-reactive ketones (excluding diaryl/α,β-unsaturated/α-hetero) is 1. The molecule has 3 aliphatic carbocycles. The minimum atomic E-state index is -0.763. The van der Waals surface area contributed by atoms with Gasteiger partial charge in [0.1, 0.15) is 12.4 Å². The van der Waals surface area contributed by atoms with E-state index in [0.29, 0.717) is 22.5 Å². The highest BCUT2D eigenvalue weighted by molar-refractivity contribution is 6.23. The zero-order valence-electron chi connectivity index (χ0n) is 18.0. The SMILES string of the molecule is CC1=CC(=O)C2=C(C1=O)C(c1ccc(OCCO)cc1)C1=CCC3C(=O)N(O)C(=O)C3C1C2. The number of rotatable bonds is 4. The Balaban J connectivity index is 1.63. The number of hydroxylamine groups is 2. The third kappa shape index (κ3) is 3.20. The van der Waals surface area contributed by atoms with Crippen LogP contribution in [0.5, 0.6) is 5.75 Å². The largest absolute Gasteiger partial charge is 0.491 e. The molecular weight excluding hydrogens is 426 g/mol. The van der Waals surface area contributed by atoms with Gasteiger partial charge in [0, 0.05) is 22.6 Å². The number of ether oxygens (including phenoxy) is 1. The Morgan fingerprint density at radius 1 is 1.06 bits per heavy atom. The maximum Gasteiger partial charge on any atom is 0.257 e. The van der Waals surface area contributed by atoms with Crippen molar-refractivity contribution in [3.63, 3.8) is 0 Å². The van der Waals surface area contributed by atoms with Gasteiger partial charge in [0.05, 0.1) is 18.4 Å². The first-order chi connectivity index (χ1) is 15.8. The van der Waals surface area contributed by atoms with E-state index in [1.807, 2.05) is 18.2 Å². The predicted octanol–water partition coefficient (Wildman–Crippen LogP) is 1.88. The number of hydrogen-bond acceptors (Lipinski definition) is 7. The van der Waals surface area contributed by atoms with Crippen LogP contribution >= 0.6 is 0 Å². The molecule has 1 heterocycles. The van der Waals surface area contributed by atoms with Gasteiger partial charge in [-0.25, -0.2) is 0 Å². The lowest BCUT2D eigenvalue weighted by Crippen LogP contribution is -2.39. The van der Waals surface area contributed by atoms with Gasteiger partial charge in [-0.2, -0.15) is 5.06 Å². The van der Waals surface area contributed by atoms with Crippen molar-refractivity contribution in [3.8, 4) is 5.75 Å². The van der Waals surface area contributed by atoms with E-state index in [4.69, 9.17) is 9.84 Å². The third-order valence-electron chi connectivity index (χ3n) is 7.11. The third-order valence-corrected chi connectivity index (χ3v) is 7.11. The first-order valence-corrected chi connectivity index (χ1v) is 10.9. The molecule has 1 aromatic carbocycles. The standard InChI is InChI=1S/C25H23NO7/c1-12-10-19(28)18-11-17-15(6-7-16-21(17)25(31)26(32)24(16)30)20(22(18)23(12)29)13-2-4-14(5-3-13)33-9-8-27/h2-6,10,16-17,20-21,27,32H,7-9,11H2,1H3. The fourth-order valence-electron chi connectivity index (χ4n) is 5.64. The molecule has 4 unspecified atom stereocenters. The minimum Gasteiger partial charge on any atom is -0.491 e. The van der Waals surface area contributed by atoms with Crippen LogP contribution in [0.1, 0.15) is 31.2 Å². The number of ketones is 2. The lowest BCUT2D eigenvalue weighted by atomic mass is 9.59. The summed E-state index contributed by atoms with van der Waals surface area (Å²) in [5, 5.41) is 19.1. The van der Waals surface area contributed by atoms with Crippen LogP contribution in [-0.4, -0.2) is 52.0 Å². The summed E-state index contributed by atoms with van der Waals surface area (Å²) in [5.41, 5.74) is 2.75. The Morgan fingerprint density at radius 2 is 1.79 bits per heavy atom. The lowest BCUT2D eigenvalue weighted by molar-refractivity contribution is -0.173. The highest BCUT2D eigenvalue weighted by Crippen LogP contribution is 2.54. The van der Waals surface area contributed by atoms with E-state index < -0.39 is 35.5 Å².